The fraction of sp³-hybridized carbons (Fsp3) is 0.294. The van der Waals surface area contributed by atoms with Crippen molar-refractivity contribution in [1.82, 2.24) is 0 Å². The monoisotopic (exact) mass is 322 g/mol. The van der Waals surface area contributed by atoms with E-state index in [0.717, 1.165) is 10.9 Å². The van der Waals surface area contributed by atoms with Crippen LogP contribution in [0.15, 0.2) is 60.7 Å². The minimum atomic E-state index is -0.431. The molecule has 3 aliphatic rings. The van der Waals surface area contributed by atoms with Crippen LogP contribution in [0.4, 0.5) is 0 Å². The largest absolute Gasteiger partial charge is 0.496 e. The topological polar surface area (TPSA) is 46.2 Å². The van der Waals surface area contributed by atoms with E-state index in [1.54, 1.807) is 0 Å². The quantitative estimate of drug-likeness (QED) is 0.746. The molecule has 0 aliphatic carbocycles. The van der Waals surface area contributed by atoms with Crippen LogP contribution in [-0.2, 0) is 23.4 Å². The SMILES string of the molecule is c1ccc(B2O[C@H]3OC[C@@H]4OB(c5ccccc5)O[C@@H]4[C@H]3O2)cc1. The highest BCUT2D eigenvalue weighted by atomic mass is 16.8. The molecule has 0 radical (unpaired) electrons. The van der Waals surface area contributed by atoms with Crippen LogP contribution in [0.3, 0.4) is 0 Å². The summed E-state index contributed by atoms with van der Waals surface area (Å²) in [4.78, 5) is 0. The molecule has 0 bridgehead atoms. The Morgan fingerprint density at radius 1 is 0.667 bits per heavy atom. The van der Waals surface area contributed by atoms with Gasteiger partial charge in [0.25, 0.3) is 0 Å². The van der Waals surface area contributed by atoms with Crippen LogP contribution in [-0.4, -0.2) is 45.4 Å². The number of hydrogen-bond donors (Lipinski definition) is 0. The van der Waals surface area contributed by atoms with Gasteiger partial charge >= 0.3 is 14.2 Å². The third kappa shape index (κ3) is 2.49. The maximum atomic E-state index is 6.14. The second-order valence-electron chi connectivity index (χ2n) is 6.20. The molecule has 2 aromatic carbocycles. The first-order valence-corrected chi connectivity index (χ1v) is 8.22. The Morgan fingerprint density at radius 2 is 1.25 bits per heavy atom. The number of benzene rings is 2. The van der Waals surface area contributed by atoms with Crippen molar-refractivity contribution >= 4 is 25.2 Å². The molecule has 0 unspecified atom stereocenters. The molecule has 0 saturated carbocycles. The van der Waals surface area contributed by atoms with Crippen LogP contribution in [0.2, 0.25) is 0 Å². The van der Waals surface area contributed by atoms with Gasteiger partial charge in [0, 0.05) is 0 Å². The number of fused-ring (bicyclic) bond motifs is 3. The third-order valence-electron chi connectivity index (χ3n) is 4.64. The van der Waals surface area contributed by atoms with Crippen molar-refractivity contribution < 1.29 is 23.4 Å². The predicted octanol–water partition coefficient (Wildman–Crippen LogP) is 0.333. The van der Waals surface area contributed by atoms with Crippen molar-refractivity contribution in [3.05, 3.63) is 60.7 Å². The van der Waals surface area contributed by atoms with Crippen LogP contribution in [0.1, 0.15) is 0 Å². The van der Waals surface area contributed by atoms with Gasteiger partial charge in [-0.1, -0.05) is 60.7 Å². The van der Waals surface area contributed by atoms with Crippen LogP contribution in [0.25, 0.3) is 0 Å². The molecule has 120 valence electrons. The van der Waals surface area contributed by atoms with Crippen molar-refractivity contribution in [3.63, 3.8) is 0 Å². The standard InChI is InChI=1S/C17H16B2O5/c1-3-7-12(8-4-1)18-21-14-11-20-17-16(15(14)22-18)23-19(24-17)13-9-5-2-6-10-13/h1-10,14-17H,11H2/t14-,15-,16+,17+/m0/s1. The summed E-state index contributed by atoms with van der Waals surface area (Å²) in [5.41, 5.74) is 1.98. The van der Waals surface area contributed by atoms with Crippen LogP contribution >= 0.6 is 0 Å². The Balaban J connectivity index is 1.35. The zero-order valence-electron chi connectivity index (χ0n) is 13.0. The Labute approximate surface area is 141 Å². The summed E-state index contributed by atoms with van der Waals surface area (Å²) in [5.74, 6) is 0. The minimum absolute atomic E-state index is 0.144. The highest BCUT2D eigenvalue weighted by molar-refractivity contribution is 6.62. The lowest BCUT2D eigenvalue weighted by molar-refractivity contribution is -0.177. The zero-order chi connectivity index (χ0) is 15.9. The van der Waals surface area contributed by atoms with Crippen molar-refractivity contribution in [3.8, 4) is 0 Å². The average molecular weight is 322 g/mol. The van der Waals surface area contributed by atoms with Crippen molar-refractivity contribution in [2.75, 3.05) is 6.61 Å². The lowest BCUT2D eigenvalue weighted by Gasteiger charge is -2.32. The van der Waals surface area contributed by atoms with E-state index in [0.29, 0.717) is 6.61 Å². The summed E-state index contributed by atoms with van der Waals surface area (Å²) < 4.78 is 30.0. The van der Waals surface area contributed by atoms with Crippen LogP contribution in [0.5, 0.6) is 0 Å². The van der Waals surface area contributed by atoms with E-state index in [-0.39, 0.29) is 25.4 Å². The van der Waals surface area contributed by atoms with Gasteiger partial charge < -0.3 is 23.4 Å². The van der Waals surface area contributed by atoms with Gasteiger partial charge in [0.2, 0.25) is 0 Å². The van der Waals surface area contributed by atoms with E-state index in [1.807, 2.05) is 60.7 Å². The van der Waals surface area contributed by atoms with Gasteiger partial charge in [0.15, 0.2) is 6.29 Å². The molecule has 3 heterocycles. The van der Waals surface area contributed by atoms with E-state index < -0.39 is 13.4 Å². The fourth-order valence-electron chi connectivity index (χ4n) is 3.45. The van der Waals surface area contributed by atoms with E-state index in [9.17, 15) is 0 Å². The number of ether oxygens (including phenoxy) is 1. The first-order valence-electron chi connectivity index (χ1n) is 8.22. The van der Waals surface area contributed by atoms with Crippen molar-refractivity contribution in [1.29, 1.82) is 0 Å². The highest BCUT2D eigenvalue weighted by Crippen LogP contribution is 2.33. The summed E-state index contributed by atoms with van der Waals surface area (Å²) >= 11 is 0. The molecule has 3 aliphatic heterocycles. The van der Waals surface area contributed by atoms with E-state index >= 15 is 0 Å². The van der Waals surface area contributed by atoms with Gasteiger partial charge in [-0.25, -0.2) is 0 Å². The molecule has 24 heavy (non-hydrogen) atoms. The van der Waals surface area contributed by atoms with E-state index in [4.69, 9.17) is 23.4 Å². The van der Waals surface area contributed by atoms with Gasteiger partial charge in [-0.3, -0.25) is 0 Å². The van der Waals surface area contributed by atoms with Gasteiger partial charge in [-0.05, 0) is 10.9 Å². The van der Waals surface area contributed by atoms with Gasteiger partial charge in [0.1, 0.15) is 6.10 Å². The lowest BCUT2D eigenvalue weighted by atomic mass is 9.79. The minimum Gasteiger partial charge on any atom is -0.399 e. The molecule has 0 spiro atoms. The summed E-state index contributed by atoms with van der Waals surface area (Å²) in [6, 6.07) is 19.8. The normalized spacial score (nSPS) is 31.8. The molecule has 0 N–H and O–H groups in total. The molecule has 0 amide bonds. The van der Waals surface area contributed by atoms with Gasteiger partial charge in [0.05, 0.1) is 18.8 Å². The second kappa shape index (κ2) is 6.02. The Kier molecular flexibility index (Phi) is 3.69. The van der Waals surface area contributed by atoms with Crippen LogP contribution < -0.4 is 10.9 Å². The van der Waals surface area contributed by atoms with Gasteiger partial charge in [-0.15, -0.1) is 0 Å². The van der Waals surface area contributed by atoms with Crippen LogP contribution in [0, 0.1) is 0 Å². The molecule has 5 rings (SSSR count). The molecule has 2 aromatic rings. The summed E-state index contributed by atoms with van der Waals surface area (Å²) in [6.07, 6.45) is -1.05. The maximum absolute atomic E-state index is 6.14. The molecule has 0 aromatic heterocycles. The number of hydrogen-bond acceptors (Lipinski definition) is 5. The first kappa shape index (κ1) is 14.7. The lowest BCUT2D eigenvalue weighted by Crippen LogP contribution is -2.50. The molecular weight excluding hydrogens is 306 g/mol. The number of rotatable bonds is 2. The zero-order valence-corrected chi connectivity index (χ0v) is 13.0. The summed E-state index contributed by atoms with van der Waals surface area (Å²) in [5, 5.41) is 0. The maximum Gasteiger partial charge on any atom is 0.496 e. The Morgan fingerprint density at radius 3 is 1.92 bits per heavy atom. The molecular formula is C17H16B2O5. The fourth-order valence-corrected chi connectivity index (χ4v) is 3.45. The molecule has 4 atom stereocenters. The molecule has 3 fully saturated rings. The second-order valence-corrected chi connectivity index (χ2v) is 6.20. The Hall–Kier alpha value is -1.63. The molecule has 3 saturated heterocycles. The van der Waals surface area contributed by atoms with Crippen molar-refractivity contribution in [2.45, 2.75) is 24.6 Å². The molecule has 5 nitrogen and oxygen atoms in total. The smallest absolute Gasteiger partial charge is 0.399 e. The summed E-state index contributed by atoms with van der Waals surface area (Å²) in [6.45, 7) is 0.444. The first-order chi connectivity index (χ1) is 11.9. The summed E-state index contributed by atoms with van der Waals surface area (Å²) in [7, 11) is -0.817. The highest BCUT2D eigenvalue weighted by Gasteiger charge is 2.56. The van der Waals surface area contributed by atoms with Crippen molar-refractivity contribution in [2.24, 2.45) is 0 Å². The third-order valence-corrected chi connectivity index (χ3v) is 4.64. The predicted molar refractivity (Wildman–Crippen MR) is 89.1 cm³/mol. The van der Waals surface area contributed by atoms with E-state index in [2.05, 4.69) is 0 Å². The van der Waals surface area contributed by atoms with E-state index in [1.165, 1.54) is 0 Å². The Bertz CT molecular complexity index is 639. The van der Waals surface area contributed by atoms with Gasteiger partial charge in [-0.2, -0.15) is 0 Å². The average Bonchev–Trinajstić information content (AvgIpc) is 3.27. The molecule has 7 heteroatoms.